The SMILES string of the molecule is Cc1nc2ccccc2n1CCOC=O. The lowest BCUT2D eigenvalue weighted by molar-refractivity contribution is -0.128. The highest BCUT2D eigenvalue weighted by atomic mass is 16.5. The molecule has 0 amide bonds. The van der Waals surface area contributed by atoms with E-state index >= 15 is 0 Å². The molecule has 0 saturated heterocycles. The molecule has 0 N–H and O–H groups in total. The van der Waals surface area contributed by atoms with Crippen molar-refractivity contribution in [1.82, 2.24) is 9.55 Å². The number of carbonyl (C=O) groups is 1. The van der Waals surface area contributed by atoms with E-state index in [1.807, 2.05) is 35.8 Å². The first-order valence-corrected chi connectivity index (χ1v) is 4.80. The predicted octanol–water partition coefficient (Wildman–Crippen LogP) is 1.52. The van der Waals surface area contributed by atoms with E-state index < -0.39 is 0 Å². The van der Waals surface area contributed by atoms with Crippen LogP contribution in [0.5, 0.6) is 0 Å². The molecule has 4 heteroatoms. The van der Waals surface area contributed by atoms with Gasteiger partial charge in [-0.1, -0.05) is 12.1 Å². The zero-order valence-corrected chi connectivity index (χ0v) is 8.51. The minimum atomic E-state index is 0.380. The van der Waals surface area contributed by atoms with E-state index in [1.54, 1.807) is 0 Å². The van der Waals surface area contributed by atoms with Crippen LogP contribution in [0, 0.1) is 6.92 Å². The van der Waals surface area contributed by atoms with Crippen molar-refractivity contribution in [3.05, 3.63) is 30.1 Å². The van der Waals surface area contributed by atoms with Crippen LogP contribution in [0.3, 0.4) is 0 Å². The Labute approximate surface area is 87.5 Å². The molecule has 0 spiro atoms. The zero-order chi connectivity index (χ0) is 10.7. The number of carbonyl (C=O) groups excluding carboxylic acids is 1. The number of hydrogen-bond acceptors (Lipinski definition) is 3. The highest BCUT2D eigenvalue weighted by Crippen LogP contribution is 2.14. The van der Waals surface area contributed by atoms with Crippen molar-refractivity contribution in [2.45, 2.75) is 13.5 Å². The van der Waals surface area contributed by atoms with Gasteiger partial charge < -0.3 is 9.30 Å². The summed E-state index contributed by atoms with van der Waals surface area (Å²) in [7, 11) is 0. The van der Waals surface area contributed by atoms with E-state index in [0.29, 0.717) is 19.6 Å². The fraction of sp³-hybridized carbons (Fsp3) is 0.273. The van der Waals surface area contributed by atoms with Crippen LogP contribution in [0.1, 0.15) is 5.82 Å². The molecular formula is C11H12N2O2. The van der Waals surface area contributed by atoms with Crippen molar-refractivity contribution in [1.29, 1.82) is 0 Å². The summed E-state index contributed by atoms with van der Waals surface area (Å²) in [4.78, 5) is 14.4. The summed E-state index contributed by atoms with van der Waals surface area (Å²) in [5.41, 5.74) is 2.05. The smallest absolute Gasteiger partial charge is 0.293 e. The third-order valence-electron chi connectivity index (χ3n) is 2.35. The van der Waals surface area contributed by atoms with Crippen molar-refractivity contribution in [2.75, 3.05) is 6.61 Å². The lowest BCUT2D eigenvalue weighted by Crippen LogP contribution is -2.06. The summed E-state index contributed by atoms with van der Waals surface area (Å²) in [6.45, 7) is 3.44. The second kappa shape index (κ2) is 4.13. The monoisotopic (exact) mass is 204 g/mol. The predicted molar refractivity (Wildman–Crippen MR) is 56.5 cm³/mol. The molecule has 0 radical (unpaired) electrons. The quantitative estimate of drug-likeness (QED) is 0.560. The largest absolute Gasteiger partial charge is 0.466 e. The number of rotatable bonds is 4. The molecule has 1 aromatic carbocycles. The second-order valence-electron chi connectivity index (χ2n) is 3.27. The number of aryl methyl sites for hydroxylation is 1. The average molecular weight is 204 g/mol. The van der Waals surface area contributed by atoms with Gasteiger partial charge in [0.25, 0.3) is 6.47 Å². The lowest BCUT2D eigenvalue weighted by Gasteiger charge is -2.04. The molecule has 0 aliphatic heterocycles. The van der Waals surface area contributed by atoms with Crippen LogP contribution < -0.4 is 0 Å². The van der Waals surface area contributed by atoms with Crippen LogP contribution in [0.25, 0.3) is 11.0 Å². The van der Waals surface area contributed by atoms with Gasteiger partial charge in [-0.2, -0.15) is 0 Å². The topological polar surface area (TPSA) is 44.1 Å². The summed E-state index contributed by atoms with van der Waals surface area (Å²) < 4.78 is 6.72. The molecule has 15 heavy (non-hydrogen) atoms. The highest BCUT2D eigenvalue weighted by molar-refractivity contribution is 5.75. The van der Waals surface area contributed by atoms with Crippen molar-refractivity contribution in [3.8, 4) is 0 Å². The maximum Gasteiger partial charge on any atom is 0.293 e. The third-order valence-corrected chi connectivity index (χ3v) is 2.35. The van der Waals surface area contributed by atoms with Gasteiger partial charge in [-0.25, -0.2) is 4.98 Å². The first-order chi connectivity index (χ1) is 7.33. The van der Waals surface area contributed by atoms with E-state index in [9.17, 15) is 4.79 Å². The maximum absolute atomic E-state index is 10.0. The number of aromatic nitrogens is 2. The van der Waals surface area contributed by atoms with Gasteiger partial charge >= 0.3 is 0 Å². The summed E-state index contributed by atoms with van der Waals surface area (Å²) in [6.07, 6.45) is 0. The van der Waals surface area contributed by atoms with E-state index in [-0.39, 0.29) is 0 Å². The summed E-state index contributed by atoms with van der Waals surface area (Å²) in [5, 5.41) is 0. The molecule has 2 aromatic rings. The fourth-order valence-corrected chi connectivity index (χ4v) is 1.67. The lowest BCUT2D eigenvalue weighted by atomic mass is 10.3. The number of para-hydroxylation sites is 2. The Hall–Kier alpha value is -1.84. The summed E-state index contributed by atoms with van der Waals surface area (Å²) in [5.74, 6) is 0.936. The normalized spacial score (nSPS) is 10.5. The number of fused-ring (bicyclic) bond motifs is 1. The second-order valence-corrected chi connectivity index (χ2v) is 3.27. The first-order valence-electron chi connectivity index (χ1n) is 4.80. The van der Waals surface area contributed by atoms with Crippen LogP contribution in [0.2, 0.25) is 0 Å². The molecular weight excluding hydrogens is 192 g/mol. The minimum Gasteiger partial charge on any atom is -0.466 e. The van der Waals surface area contributed by atoms with Crippen molar-refractivity contribution < 1.29 is 9.53 Å². The van der Waals surface area contributed by atoms with Crippen molar-refractivity contribution in [2.24, 2.45) is 0 Å². The molecule has 1 aromatic heterocycles. The van der Waals surface area contributed by atoms with E-state index in [0.717, 1.165) is 16.9 Å². The molecule has 0 saturated carbocycles. The average Bonchev–Trinajstić information content (AvgIpc) is 2.56. The van der Waals surface area contributed by atoms with E-state index in [1.165, 1.54) is 0 Å². The van der Waals surface area contributed by atoms with E-state index in [4.69, 9.17) is 0 Å². The van der Waals surface area contributed by atoms with Gasteiger partial charge in [-0.05, 0) is 19.1 Å². The maximum atomic E-state index is 10.0. The van der Waals surface area contributed by atoms with Gasteiger partial charge in [0.2, 0.25) is 0 Å². The summed E-state index contributed by atoms with van der Waals surface area (Å²) in [6, 6.07) is 7.91. The number of hydrogen-bond donors (Lipinski definition) is 0. The minimum absolute atomic E-state index is 0.380. The Morgan fingerprint density at radius 3 is 3.07 bits per heavy atom. The summed E-state index contributed by atoms with van der Waals surface area (Å²) >= 11 is 0. The Kier molecular flexibility index (Phi) is 2.67. The van der Waals surface area contributed by atoms with Gasteiger partial charge in [0.15, 0.2) is 0 Å². The van der Waals surface area contributed by atoms with E-state index in [2.05, 4.69) is 9.72 Å². The van der Waals surface area contributed by atoms with Crippen LogP contribution in [0.4, 0.5) is 0 Å². The third kappa shape index (κ3) is 1.83. The molecule has 78 valence electrons. The number of nitrogens with zero attached hydrogens (tertiary/aromatic N) is 2. The molecule has 0 fully saturated rings. The van der Waals surface area contributed by atoms with Crippen molar-refractivity contribution >= 4 is 17.5 Å². The Bertz CT molecular complexity index is 476. The van der Waals surface area contributed by atoms with Crippen LogP contribution in [0.15, 0.2) is 24.3 Å². The number of benzene rings is 1. The van der Waals surface area contributed by atoms with Gasteiger partial charge in [0, 0.05) is 0 Å². The Morgan fingerprint density at radius 2 is 2.27 bits per heavy atom. The number of ether oxygens (including phenoxy) is 1. The van der Waals surface area contributed by atoms with Crippen LogP contribution in [-0.4, -0.2) is 22.6 Å². The van der Waals surface area contributed by atoms with Crippen LogP contribution >= 0.6 is 0 Å². The molecule has 4 nitrogen and oxygen atoms in total. The molecule has 0 aliphatic carbocycles. The van der Waals surface area contributed by atoms with Crippen LogP contribution in [-0.2, 0) is 16.1 Å². The Balaban J connectivity index is 2.32. The standard InChI is InChI=1S/C11H12N2O2/c1-9-12-10-4-2-3-5-11(10)13(9)6-7-15-8-14/h2-5,8H,6-7H2,1H3. The van der Waals surface area contributed by atoms with Gasteiger partial charge in [-0.3, -0.25) is 4.79 Å². The number of imidazole rings is 1. The fourth-order valence-electron chi connectivity index (χ4n) is 1.67. The van der Waals surface area contributed by atoms with Gasteiger partial charge in [0.05, 0.1) is 17.6 Å². The molecule has 0 atom stereocenters. The van der Waals surface area contributed by atoms with Gasteiger partial charge in [0.1, 0.15) is 12.4 Å². The molecule has 2 rings (SSSR count). The Morgan fingerprint density at radius 1 is 1.47 bits per heavy atom. The molecule has 0 aliphatic rings. The molecule has 0 bridgehead atoms. The molecule has 0 unspecified atom stereocenters. The molecule has 1 heterocycles. The first kappa shape index (κ1) is 9.71. The van der Waals surface area contributed by atoms with Crippen molar-refractivity contribution in [3.63, 3.8) is 0 Å². The van der Waals surface area contributed by atoms with Gasteiger partial charge in [-0.15, -0.1) is 0 Å². The highest BCUT2D eigenvalue weighted by Gasteiger charge is 2.05. The zero-order valence-electron chi connectivity index (χ0n) is 8.51.